The van der Waals surface area contributed by atoms with Gasteiger partial charge in [-0.05, 0) is 20.8 Å². The molecule has 1 aliphatic heterocycles. The number of carbonyl (C=O) groups is 1. The Balaban J connectivity index is 2.34. The Morgan fingerprint density at radius 1 is 1.48 bits per heavy atom. The smallest absolute Gasteiger partial charge is 0.272 e. The molecule has 7 nitrogen and oxygen atoms in total. The monoisotopic (exact) mass is 297 g/mol. The van der Waals surface area contributed by atoms with Crippen LogP contribution in [-0.4, -0.2) is 51.3 Å². The average molecular weight is 297 g/mol. The molecule has 1 aromatic heterocycles. The average Bonchev–Trinajstić information content (AvgIpc) is 2.83. The summed E-state index contributed by atoms with van der Waals surface area (Å²) in [5.41, 5.74) is 2.20. The molecule has 1 aromatic rings. The lowest BCUT2D eigenvalue weighted by atomic mass is 9.99. The van der Waals surface area contributed by atoms with Crippen LogP contribution in [0.25, 0.3) is 0 Å². The predicted octanol–water partition coefficient (Wildman–Crippen LogP) is 0.00820. The second kappa shape index (κ2) is 6.55. The number of aromatic nitrogens is 2. The van der Waals surface area contributed by atoms with Crippen LogP contribution in [0.3, 0.4) is 0 Å². The van der Waals surface area contributed by atoms with E-state index < -0.39 is 6.04 Å². The maximum atomic E-state index is 12.3. The van der Waals surface area contributed by atoms with Crippen molar-refractivity contribution in [3.63, 3.8) is 0 Å². The predicted molar refractivity (Wildman–Crippen MR) is 76.0 cm³/mol. The van der Waals surface area contributed by atoms with Crippen LogP contribution in [0.4, 0.5) is 0 Å². The van der Waals surface area contributed by atoms with Gasteiger partial charge in [0.05, 0.1) is 37.2 Å². The number of fused-ring (bicyclic) bond motifs is 1. The highest BCUT2D eigenvalue weighted by Crippen LogP contribution is 2.32. The molecule has 0 spiro atoms. The van der Waals surface area contributed by atoms with Crippen LogP contribution >= 0.6 is 0 Å². The van der Waals surface area contributed by atoms with E-state index in [0.717, 1.165) is 11.3 Å². The van der Waals surface area contributed by atoms with Crippen LogP contribution in [0.15, 0.2) is 0 Å². The summed E-state index contributed by atoms with van der Waals surface area (Å²) in [4.78, 5) is 12.3. The number of amides is 1. The zero-order chi connectivity index (χ0) is 15.6. The van der Waals surface area contributed by atoms with E-state index in [2.05, 4.69) is 10.4 Å². The molecule has 0 fully saturated rings. The van der Waals surface area contributed by atoms with E-state index in [4.69, 9.17) is 14.9 Å². The van der Waals surface area contributed by atoms with Gasteiger partial charge < -0.3 is 20.3 Å². The van der Waals surface area contributed by atoms with E-state index in [1.54, 1.807) is 4.68 Å². The van der Waals surface area contributed by atoms with E-state index >= 15 is 0 Å². The third-order valence-corrected chi connectivity index (χ3v) is 3.70. The normalized spacial score (nSPS) is 21.4. The van der Waals surface area contributed by atoms with Crippen molar-refractivity contribution in [2.24, 2.45) is 0 Å². The van der Waals surface area contributed by atoms with Crippen LogP contribution in [0.2, 0.25) is 0 Å². The molecule has 0 unspecified atom stereocenters. The molecule has 0 aliphatic carbocycles. The molecule has 118 valence electrons. The highest BCUT2D eigenvalue weighted by Gasteiger charge is 2.32. The molecular formula is C14H23N3O4. The molecule has 0 saturated heterocycles. The lowest BCUT2D eigenvalue weighted by Gasteiger charge is -2.26. The lowest BCUT2D eigenvalue weighted by molar-refractivity contribution is -0.00949. The quantitative estimate of drug-likeness (QED) is 0.711. The van der Waals surface area contributed by atoms with Gasteiger partial charge in [0.2, 0.25) is 0 Å². The summed E-state index contributed by atoms with van der Waals surface area (Å²) in [6.07, 6.45) is 0.551. The van der Waals surface area contributed by atoms with Gasteiger partial charge in [-0.2, -0.15) is 5.10 Å². The zero-order valence-corrected chi connectivity index (χ0v) is 12.7. The zero-order valence-electron chi connectivity index (χ0n) is 12.7. The SMILES string of the molecule is CCn1nc(C(=O)NC(CO)CO)c2c1[C@H](C)O[C@H](C)C2. The van der Waals surface area contributed by atoms with Gasteiger partial charge in [-0.15, -0.1) is 0 Å². The number of ether oxygens (including phenoxy) is 1. The molecule has 21 heavy (non-hydrogen) atoms. The Hall–Kier alpha value is -1.44. The molecule has 7 heteroatoms. The summed E-state index contributed by atoms with van der Waals surface area (Å²) in [6.45, 7) is 5.91. The number of hydrogen-bond acceptors (Lipinski definition) is 5. The third-order valence-electron chi connectivity index (χ3n) is 3.70. The molecule has 1 amide bonds. The maximum absolute atomic E-state index is 12.3. The van der Waals surface area contributed by atoms with Crippen LogP contribution in [0, 0.1) is 0 Å². The minimum atomic E-state index is -0.672. The molecule has 2 rings (SSSR count). The summed E-state index contributed by atoms with van der Waals surface area (Å²) in [6, 6.07) is -0.672. The second-order valence-electron chi connectivity index (χ2n) is 5.36. The van der Waals surface area contributed by atoms with Gasteiger partial charge in [0.25, 0.3) is 5.91 Å². The van der Waals surface area contributed by atoms with E-state index in [1.165, 1.54) is 0 Å². The first-order valence-corrected chi connectivity index (χ1v) is 7.29. The Morgan fingerprint density at radius 2 is 2.14 bits per heavy atom. The van der Waals surface area contributed by atoms with Gasteiger partial charge in [0.15, 0.2) is 5.69 Å². The van der Waals surface area contributed by atoms with Crippen molar-refractivity contribution < 1.29 is 19.7 Å². The summed E-state index contributed by atoms with van der Waals surface area (Å²) < 4.78 is 7.58. The number of aryl methyl sites for hydroxylation is 1. The van der Waals surface area contributed by atoms with Crippen molar-refractivity contribution >= 4 is 5.91 Å². The highest BCUT2D eigenvalue weighted by molar-refractivity contribution is 5.94. The van der Waals surface area contributed by atoms with Crippen molar-refractivity contribution in [2.45, 2.75) is 52.0 Å². The largest absolute Gasteiger partial charge is 0.394 e. The molecule has 2 atom stereocenters. The number of rotatable bonds is 5. The number of carbonyl (C=O) groups excluding carboxylic acids is 1. The van der Waals surface area contributed by atoms with Crippen LogP contribution in [-0.2, 0) is 17.7 Å². The molecule has 0 radical (unpaired) electrons. The Kier molecular flexibility index (Phi) is 4.97. The lowest BCUT2D eigenvalue weighted by Crippen LogP contribution is -2.40. The van der Waals surface area contributed by atoms with Crippen molar-refractivity contribution in [3.05, 3.63) is 17.0 Å². The fourth-order valence-electron chi connectivity index (χ4n) is 2.74. The van der Waals surface area contributed by atoms with E-state index in [1.807, 2.05) is 20.8 Å². The highest BCUT2D eigenvalue weighted by atomic mass is 16.5. The fourth-order valence-corrected chi connectivity index (χ4v) is 2.74. The topological polar surface area (TPSA) is 96.6 Å². The Bertz CT molecular complexity index is 511. The molecular weight excluding hydrogens is 274 g/mol. The minimum absolute atomic E-state index is 0.0278. The van der Waals surface area contributed by atoms with Gasteiger partial charge in [0.1, 0.15) is 0 Å². The van der Waals surface area contributed by atoms with Crippen molar-refractivity contribution in [2.75, 3.05) is 13.2 Å². The summed E-state index contributed by atoms with van der Waals surface area (Å²) >= 11 is 0. The maximum Gasteiger partial charge on any atom is 0.272 e. The standard InChI is InChI=1S/C14H23N3O4/c1-4-17-13-9(3)21-8(2)5-11(13)12(16-17)14(20)15-10(6-18)7-19/h8-10,18-19H,4-7H2,1-3H3,(H,15,20)/t8-,9+/m1/s1. The summed E-state index contributed by atoms with van der Waals surface area (Å²) in [5.74, 6) is -0.368. The van der Waals surface area contributed by atoms with Gasteiger partial charge in [0, 0.05) is 18.5 Å². The molecule has 1 aliphatic rings. The Morgan fingerprint density at radius 3 is 2.71 bits per heavy atom. The first kappa shape index (κ1) is 15.9. The Labute approximate surface area is 123 Å². The molecule has 2 heterocycles. The van der Waals surface area contributed by atoms with Crippen molar-refractivity contribution in [1.82, 2.24) is 15.1 Å². The number of aliphatic hydroxyl groups excluding tert-OH is 2. The first-order chi connectivity index (χ1) is 10.0. The van der Waals surface area contributed by atoms with E-state index in [9.17, 15) is 4.79 Å². The molecule has 0 bridgehead atoms. The van der Waals surface area contributed by atoms with Crippen LogP contribution in [0.1, 0.15) is 48.6 Å². The minimum Gasteiger partial charge on any atom is -0.394 e. The molecule has 0 saturated carbocycles. The number of nitrogens with zero attached hydrogens (tertiary/aromatic N) is 2. The van der Waals surface area contributed by atoms with Gasteiger partial charge >= 0.3 is 0 Å². The van der Waals surface area contributed by atoms with E-state index in [0.29, 0.717) is 18.7 Å². The van der Waals surface area contributed by atoms with Gasteiger partial charge in [-0.3, -0.25) is 9.48 Å². The fraction of sp³-hybridized carbons (Fsp3) is 0.714. The van der Waals surface area contributed by atoms with Crippen LogP contribution < -0.4 is 5.32 Å². The molecule has 3 N–H and O–H groups in total. The molecule has 0 aromatic carbocycles. The number of nitrogens with one attached hydrogen (secondary N) is 1. The summed E-state index contributed by atoms with van der Waals surface area (Å²) in [7, 11) is 0. The summed E-state index contributed by atoms with van der Waals surface area (Å²) in [5, 5.41) is 25.1. The van der Waals surface area contributed by atoms with Crippen LogP contribution in [0.5, 0.6) is 0 Å². The van der Waals surface area contributed by atoms with E-state index in [-0.39, 0.29) is 31.3 Å². The second-order valence-corrected chi connectivity index (χ2v) is 5.36. The first-order valence-electron chi connectivity index (χ1n) is 7.29. The number of hydrogen-bond donors (Lipinski definition) is 3. The number of aliphatic hydroxyl groups is 2. The van der Waals surface area contributed by atoms with Crippen molar-refractivity contribution in [1.29, 1.82) is 0 Å². The third kappa shape index (κ3) is 3.09. The van der Waals surface area contributed by atoms with Gasteiger partial charge in [-0.1, -0.05) is 0 Å². The van der Waals surface area contributed by atoms with Crippen molar-refractivity contribution in [3.8, 4) is 0 Å². The van der Waals surface area contributed by atoms with Gasteiger partial charge in [-0.25, -0.2) is 0 Å².